The van der Waals surface area contributed by atoms with Crippen LogP contribution in [-0.4, -0.2) is 14.2 Å². The molecule has 0 saturated carbocycles. The van der Waals surface area contributed by atoms with Gasteiger partial charge in [0.1, 0.15) is 5.75 Å². The topological polar surface area (TPSA) is 30.5 Å². The molecule has 1 aromatic carbocycles. The molecule has 1 aliphatic rings. The van der Waals surface area contributed by atoms with Gasteiger partial charge in [-0.05, 0) is 24.2 Å². The molecule has 3 nitrogen and oxygen atoms in total. The van der Waals surface area contributed by atoms with E-state index in [9.17, 15) is 0 Å². The molecular formula is C11H15NO2. The van der Waals surface area contributed by atoms with Crippen molar-refractivity contribution in [1.29, 1.82) is 0 Å². The molecule has 2 rings (SSSR count). The van der Waals surface area contributed by atoms with E-state index in [0.717, 1.165) is 18.9 Å². The van der Waals surface area contributed by atoms with E-state index in [0.29, 0.717) is 6.61 Å². The Hall–Kier alpha value is -1.06. The summed E-state index contributed by atoms with van der Waals surface area (Å²) in [6.07, 6.45) is 0. The maximum atomic E-state index is 5.42. The van der Waals surface area contributed by atoms with Crippen LogP contribution < -0.4 is 10.1 Å². The van der Waals surface area contributed by atoms with Crippen LogP contribution in [-0.2, 0) is 24.5 Å². The molecule has 1 heterocycles. The second-order valence-electron chi connectivity index (χ2n) is 3.41. The van der Waals surface area contributed by atoms with E-state index in [1.807, 2.05) is 13.1 Å². The Balaban J connectivity index is 2.45. The number of ether oxygens (including phenoxy) is 2. The molecule has 0 fully saturated rings. The smallest absolute Gasteiger partial charge is 0.123 e. The summed E-state index contributed by atoms with van der Waals surface area (Å²) < 4.78 is 10.7. The van der Waals surface area contributed by atoms with Crippen molar-refractivity contribution in [3.8, 4) is 5.75 Å². The Kier molecular flexibility index (Phi) is 2.70. The van der Waals surface area contributed by atoms with Gasteiger partial charge in [0.05, 0.1) is 20.3 Å². The maximum Gasteiger partial charge on any atom is 0.123 e. The van der Waals surface area contributed by atoms with Crippen molar-refractivity contribution in [3.05, 3.63) is 28.8 Å². The number of rotatable bonds is 3. The van der Waals surface area contributed by atoms with Gasteiger partial charge in [0, 0.05) is 12.1 Å². The highest BCUT2D eigenvalue weighted by molar-refractivity contribution is 5.45. The summed E-state index contributed by atoms with van der Waals surface area (Å²) in [5.41, 5.74) is 3.81. The van der Waals surface area contributed by atoms with E-state index < -0.39 is 0 Å². The van der Waals surface area contributed by atoms with Crippen LogP contribution in [0.5, 0.6) is 5.75 Å². The Morgan fingerprint density at radius 1 is 1.43 bits per heavy atom. The number of hydrogen-bond acceptors (Lipinski definition) is 3. The van der Waals surface area contributed by atoms with Crippen molar-refractivity contribution in [2.24, 2.45) is 0 Å². The van der Waals surface area contributed by atoms with E-state index in [-0.39, 0.29) is 0 Å². The first kappa shape index (κ1) is 9.49. The summed E-state index contributed by atoms with van der Waals surface area (Å²) in [6.45, 7) is 2.27. The largest absolute Gasteiger partial charge is 0.496 e. The van der Waals surface area contributed by atoms with Gasteiger partial charge in [0.15, 0.2) is 0 Å². The molecule has 0 spiro atoms. The number of fused-ring (bicyclic) bond motifs is 1. The van der Waals surface area contributed by atoms with Crippen molar-refractivity contribution >= 4 is 0 Å². The van der Waals surface area contributed by atoms with Gasteiger partial charge < -0.3 is 14.8 Å². The van der Waals surface area contributed by atoms with Gasteiger partial charge in [-0.1, -0.05) is 6.07 Å². The van der Waals surface area contributed by atoms with Gasteiger partial charge >= 0.3 is 0 Å². The first-order valence-corrected chi connectivity index (χ1v) is 4.76. The molecule has 0 aliphatic carbocycles. The number of nitrogens with one attached hydrogen (secondary N) is 1. The van der Waals surface area contributed by atoms with Gasteiger partial charge in [-0.25, -0.2) is 0 Å². The standard InChI is InChI=1S/C11H15NO2/c1-12-5-9-10-7-14-6-8(10)3-4-11(9)13-2/h3-4,12H,5-7H2,1-2H3. The molecule has 14 heavy (non-hydrogen) atoms. The van der Waals surface area contributed by atoms with Crippen LogP contribution >= 0.6 is 0 Å². The normalized spacial score (nSPS) is 14.1. The summed E-state index contributed by atoms with van der Waals surface area (Å²) in [5.74, 6) is 0.948. The molecule has 1 aliphatic heterocycles. The molecule has 0 radical (unpaired) electrons. The van der Waals surface area contributed by atoms with E-state index in [2.05, 4.69) is 11.4 Å². The number of benzene rings is 1. The highest BCUT2D eigenvalue weighted by atomic mass is 16.5. The molecule has 0 amide bonds. The summed E-state index contributed by atoms with van der Waals surface area (Å²) in [7, 11) is 3.64. The van der Waals surface area contributed by atoms with Crippen molar-refractivity contribution in [2.45, 2.75) is 19.8 Å². The Morgan fingerprint density at radius 2 is 2.29 bits per heavy atom. The fourth-order valence-corrected chi connectivity index (χ4v) is 1.86. The third kappa shape index (κ3) is 1.49. The molecule has 0 aromatic heterocycles. The lowest BCUT2D eigenvalue weighted by Crippen LogP contribution is -2.09. The minimum absolute atomic E-state index is 0.712. The Labute approximate surface area is 84.0 Å². The molecule has 0 bridgehead atoms. The van der Waals surface area contributed by atoms with Crippen LogP contribution in [0.4, 0.5) is 0 Å². The molecule has 1 N–H and O–H groups in total. The second kappa shape index (κ2) is 3.98. The third-order valence-corrected chi connectivity index (χ3v) is 2.56. The van der Waals surface area contributed by atoms with E-state index in [1.54, 1.807) is 7.11 Å². The SMILES string of the molecule is CNCc1c(OC)ccc2c1COC2. The average molecular weight is 193 g/mol. The van der Waals surface area contributed by atoms with Crippen LogP contribution in [0.2, 0.25) is 0 Å². The first-order valence-electron chi connectivity index (χ1n) is 4.76. The molecule has 0 saturated heterocycles. The van der Waals surface area contributed by atoms with Gasteiger partial charge in [-0.3, -0.25) is 0 Å². The van der Waals surface area contributed by atoms with E-state index >= 15 is 0 Å². The highest BCUT2D eigenvalue weighted by Crippen LogP contribution is 2.30. The minimum atomic E-state index is 0.712. The molecule has 76 valence electrons. The van der Waals surface area contributed by atoms with E-state index in [1.165, 1.54) is 16.7 Å². The lowest BCUT2D eigenvalue weighted by Gasteiger charge is -2.11. The van der Waals surface area contributed by atoms with Gasteiger partial charge in [0.2, 0.25) is 0 Å². The Morgan fingerprint density at radius 3 is 3.00 bits per heavy atom. The van der Waals surface area contributed by atoms with Crippen molar-refractivity contribution in [1.82, 2.24) is 5.32 Å². The summed E-state index contributed by atoms with van der Waals surface area (Å²) in [6, 6.07) is 4.10. The van der Waals surface area contributed by atoms with Crippen LogP contribution in [0.25, 0.3) is 0 Å². The average Bonchev–Trinajstić information content (AvgIpc) is 2.67. The van der Waals surface area contributed by atoms with Crippen molar-refractivity contribution in [3.63, 3.8) is 0 Å². The minimum Gasteiger partial charge on any atom is -0.496 e. The highest BCUT2D eigenvalue weighted by Gasteiger charge is 2.17. The quantitative estimate of drug-likeness (QED) is 0.788. The zero-order valence-electron chi connectivity index (χ0n) is 8.59. The van der Waals surface area contributed by atoms with Crippen LogP contribution in [0.15, 0.2) is 12.1 Å². The molecular weight excluding hydrogens is 178 g/mol. The first-order chi connectivity index (χ1) is 6.86. The van der Waals surface area contributed by atoms with Crippen LogP contribution in [0.3, 0.4) is 0 Å². The predicted octanol–water partition coefficient (Wildman–Crippen LogP) is 1.44. The van der Waals surface area contributed by atoms with Crippen LogP contribution in [0.1, 0.15) is 16.7 Å². The third-order valence-electron chi connectivity index (χ3n) is 2.56. The van der Waals surface area contributed by atoms with Gasteiger partial charge in [-0.2, -0.15) is 0 Å². The Bertz CT molecular complexity index is 336. The zero-order valence-corrected chi connectivity index (χ0v) is 8.59. The molecule has 0 unspecified atom stereocenters. The van der Waals surface area contributed by atoms with Crippen molar-refractivity contribution < 1.29 is 9.47 Å². The molecule has 1 aromatic rings. The molecule has 0 atom stereocenters. The summed E-state index contributed by atoms with van der Waals surface area (Å²) in [5, 5.41) is 3.15. The van der Waals surface area contributed by atoms with Crippen LogP contribution in [0, 0.1) is 0 Å². The predicted molar refractivity (Wildman–Crippen MR) is 54.3 cm³/mol. The summed E-state index contributed by atoms with van der Waals surface area (Å²) >= 11 is 0. The maximum absolute atomic E-state index is 5.42. The fourth-order valence-electron chi connectivity index (χ4n) is 1.86. The summed E-state index contributed by atoms with van der Waals surface area (Å²) in [4.78, 5) is 0. The zero-order chi connectivity index (χ0) is 9.97. The lowest BCUT2D eigenvalue weighted by molar-refractivity contribution is 0.134. The lowest BCUT2D eigenvalue weighted by atomic mass is 10.0. The number of methoxy groups -OCH3 is 1. The second-order valence-corrected chi connectivity index (χ2v) is 3.41. The van der Waals surface area contributed by atoms with Gasteiger partial charge in [0.25, 0.3) is 0 Å². The molecule has 3 heteroatoms. The van der Waals surface area contributed by atoms with Gasteiger partial charge in [-0.15, -0.1) is 0 Å². The monoisotopic (exact) mass is 193 g/mol. The van der Waals surface area contributed by atoms with Crippen molar-refractivity contribution in [2.75, 3.05) is 14.2 Å². The van der Waals surface area contributed by atoms with E-state index in [4.69, 9.17) is 9.47 Å². The fraction of sp³-hybridized carbons (Fsp3) is 0.455. The number of hydrogen-bond donors (Lipinski definition) is 1.